The number of nitriles is 1. The molecule has 0 aromatic heterocycles. The molecule has 5 heteroatoms. The van der Waals surface area contributed by atoms with E-state index in [2.05, 4.69) is 0 Å². The van der Waals surface area contributed by atoms with Gasteiger partial charge in [-0.25, -0.2) is 9.18 Å². The van der Waals surface area contributed by atoms with Crippen molar-refractivity contribution < 1.29 is 14.3 Å². The third kappa shape index (κ3) is 2.34. The lowest BCUT2D eigenvalue weighted by molar-refractivity contribution is -0.142. The highest BCUT2D eigenvalue weighted by Gasteiger charge is 2.43. The van der Waals surface area contributed by atoms with Crippen LogP contribution in [0.2, 0.25) is 0 Å². The summed E-state index contributed by atoms with van der Waals surface area (Å²) in [5.74, 6) is -1.56. The van der Waals surface area contributed by atoms with Crippen molar-refractivity contribution in [2.75, 3.05) is 11.4 Å². The minimum absolute atomic E-state index is 0.0866. The normalized spacial score (nSPS) is 21.3. The second kappa shape index (κ2) is 5.12. The van der Waals surface area contributed by atoms with Crippen LogP contribution in [0.25, 0.3) is 0 Å². The molecule has 106 valence electrons. The molecule has 0 amide bonds. The first-order valence-electron chi connectivity index (χ1n) is 6.56. The van der Waals surface area contributed by atoms with Crippen LogP contribution >= 0.6 is 0 Å². The molecule has 0 radical (unpaired) electrons. The van der Waals surface area contributed by atoms with Crippen molar-refractivity contribution in [3.63, 3.8) is 0 Å². The fourth-order valence-electron chi connectivity index (χ4n) is 2.98. The largest absolute Gasteiger partial charge is 0.480 e. The van der Waals surface area contributed by atoms with Gasteiger partial charge in [-0.3, -0.25) is 0 Å². The van der Waals surface area contributed by atoms with Crippen molar-refractivity contribution in [3.05, 3.63) is 29.6 Å². The number of hydrogen-bond donors (Lipinski definition) is 1. The SMILES string of the molecule is CC1(C)CCCN(c2cccc(F)c2C#N)C1C(=O)O. The van der Waals surface area contributed by atoms with Crippen LogP contribution in [0.5, 0.6) is 0 Å². The summed E-state index contributed by atoms with van der Waals surface area (Å²) >= 11 is 0. The molecular formula is C15H17FN2O2. The van der Waals surface area contributed by atoms with Gasteiger partial charge >= 0.3 is 5.97 Å². The minimum atomic E-state index is -0.942. The Bertz CT molecular complexity index is 578. The summed E-state index contributed by atoms with van der Waals surface area (Å²) < 4.78 is 13.7. The molecule has 0 spiro atoms. The second-order valence-corrected chi connectivity index (χ2v) is 5.77. The molecule has 0 bridgehead atoms. The van der Waals surface area contributed by atoms with E-state index in [1.54, 1.807) is 11.0 Å². The first-order valence-corrected chi connectivity index (χ1v) is 6.56. The number of aliphatic carboxylic acids is 1. The topological polar surface area (TPSA) is 64.3 Å². The highest BCUT2D eigenvalue weighted by atomic mass is 19.1. The number of nitrogens with zero attached hydrogens (tertiary/aromatic N) is 2. The predicted molar refractivity (Wildman–Crippen MR) is 72.9 cm³/mol. The van der Waals surface area contributed by atoms with E-state index in [1.165, 1.54) is 12.1 Å². The van der Waals surface area contributed by atoms with Gasteiger partial charge in [0, 0.05) is 6.54 Å². The molecule has 1 heterocycles. The molecule has 0 aliphatic carbocycles. The molecule has 1 aromatic rings. The van der Waals surface area contributed by atoms with Gasteiger partial charge in [0.2, 0.25) is 0 Å². The highest BCUT2D eigenvalue weighted by Crippen LogP contribution is 2.39. The number of carboxylic acids is 1. The van der Waals surface area contributed by atoms with Crippen LogP contribution < -0.4 is 4.90 Å². The van der Waals surface area contributed by atoms with E-state index >= 15 is 0 Å². The van der Waals surface area contributed by atoms with Crippen molar-refractivity contribution in [3.8, 4) is 6.07 Å². The van der Waals surface area contributed by atoms with Crippen LogP contribution in [0, 0.1) is 22.6 Å². The predicted octanol–water partition coefficient (Wildman–Crippen LogP) is 2.78. The van der Waals surface area contributed by atoms with Gasteiger partial charge in [-0.2, -0.15) is 5.26 Å². The number of hydrogen-bond acceptors (Lipinski definition) is 3. The van der Waals surface area contributed by atoms with Crippen LogP contribution in [-0.4, -0.2) is 23.7 Å². The molecule has 2 rings (SSSR count). The Hall–Kier alpha value is -2.09. The van der Waals surface area contributed by atoms with Gasteiger partial charge in [-0.15, -0.1) is 0 Å². The first-order chi connectivity index (χ1) is 9.38. The van der Waals surface area contributed by atoms with Gasteiger partial charge in [0.25, 0.3) is 0 Å². The number of carboxylic acid groups (broad SMARTS) is 1. The molecule has 1 aliphatic rings. The Morgan fingerprint density at radius 3 is 2.85 bits per heavy atom. The van der Waals surface area contributed by atoms with Crippen molar-refractivity contribution >= 4 is 11.7 Å². The van der Waals surface area contributed by atoms with E-state index in [1.807, 2.05) is 19.9 Å². The fourth-order valence-corrected chi connectivity index (χ4v) is 2.98. The monoisotopic (exact) mass is 276 g/mol. The molecule has 4 nitrogen and oxygen atoms in total. The van der Waals surface area contributed by atoms with Crippen LogP contribution in [0.4, 0.5) is 10.1 Å². The Morgan fingerprint density at radius 1 is 1.55 bits per heavy atom. The fraction of sp³-hybridized carbons (Fsp3) is 0.467. The molecule has 1 fully saturated rings. The summed E-state index contributed by atoms with van der Waals surface area (Å²) in [6.45, 7) is 4.30. The van der Waals surface area contributed by atoms with Gasteiger partial charge in [0.1, 0.15) is 23.5 Å². The van der Waals surface area contributed by atoms with Gasteiger partial charge in [-0.1, -0.05) is 19.9 Å². The lowest BCUT2D eigenvalue weighted by Crippen LogP contribution is -2.54. The number of anilines is 1. The van der Waals surface area contributed by atoms with E-state index in [-0.39, 0.29) is 5.56 Å². The van der Waals surface area contributed by atoms with E-state index in [4.69, 9.17) is 5.26 Å². The van der Waals surface area contributed by atoms with E-state index in [9.17, 15) is 14.3 Å². The average Bonchev–Trinajstić information content (AvgIpc) is 2.36. The average molecular weight is 276 g/mol. The third-order valence-corrected chi connectivity index (χ3v) is 3.92. The molecule has 1 N–H and O–H groups in total. The maximum absolute atomic E-state index is 13.7. The zero-order chi connectivity index (χ0) is 14.9. The van der Waals surface area contributed by atoms with E-state index in [0.717, 1.165) is 12.8 Å². The quantitative estimate of drug-likeness (QED) is 0.902. The number of carbonyl (C=O) groups is 1. The standard InChI is InChI=1S/C15H17FN2O2/c1-15(2)7-4-8-18(13(15)14(19)20)12-6-3-5-11(16)10(12)9-17/h3,5-6,13H,4,7-8H2,1-2H3,(H,19,20). The van der Waals surface area contributed by atoms with E-state index in [0.29, 0.717) is 12.2 Å². The molecule has 0 saturated carbocycles. The van der Waals surface area contributed by atoms with Crippen LogP contribution in [0.3, 0.4) is 0 Å². The summed E-state index contributed by atoms with van der Waals surface area (Å²) in [5, 5.41) is 18.6. The Kier molecular flexibility index (Phi) is 3.67. The van der Waals surface area contributed by atoms with Crippen molar-refractivity contribution in [1.82, 2.24) is 0 Å². The maximum atomic E-state index is 13.7. The number of rotatable bonds is 2. The number of piperidine rings is 1. The van der Waals surface area contributed by atoms with Crippen molar-refractivity contribution in [1.29, 1.82) is 5.26 Å². The number of benzene rings is 1. The summed E-state index contributed by atoms with van der Waals surface area (Å²) in [4.78, 5) is 13.3. The molecule has 1 aliphatic heterocycles. The smallest absolute Gasteiger partial charge is 0.326 e. The minimum Gasteiger partial charge on any atom is -0.480 e. The first kappa shape index (κ1) is 14.3. The molecule has 20 heavy (non-hydrogen) atoms. The van der Waals surface area contributed by atoms with Crippen molar-refractivity contribution in [2.45, 2.75) is 32.7 Å². The molecule has 1 aromatic carbocycles. The lowest BCUT2D eigenvalue weighted by Gasteiger charge is -2.45. The molecular weight excluding hydrogens is 259 g/mol. The Labute approximate surface area is 117 Å². The summed E-state index contributed by atoms with van der Waals surface area (Å²) in [5.41, 5.74) is -0.146. The third-order valence-electron chi connectivity index (χ3n) is 3.92. The van der Waals surface area contributed by atoms with Gasteiger partial charge in [0.15, 0.2) is 0 Å². The van der Waals surface area contributed by atoms with E-state index < -0.39 is 23.2 Å². The Morgan fingerprint density at radius 2 is 2.25 bits per heavy atom. The van der Waals surface area contributed by atoms with Crippen molar-refractivity contribution in [2.24, 2.45) is 5.41 Å². The summed E-state index contributed by atoms with van der Waals surface area (Å²) in [7, 11) is 0. The van der Waals surface area contributed by atoms with Crippen LogP contribution in [0.15, 0.2) is 18.2 Å². The zero-order valence-corrected chi connectivity index (χ0v) is 11.6. The molecule has 1 unspecified atom stereocenters. The van der Waals surface area contributed by atoms with Gasteiger partial charge in [0.05, 0.1) is 5.69 Å². The van der Waals surface area contributed by atoms with Crippen LogP contribution in [0.1, 0.15) is 32.3 Å². The zero-order valence-electron chi connectivity index (χ0n) is 11.6. The second-order valence-electron chi connectivity index (χ2n) is 5.77. The van der Waals surface area contributed by atoms with Crippen LogP contribution in [-0.2, 0) is 4.79 Å². The van der Waals surface area contributed by atoms with Gasteiger partial charge in [-0.05, 0) is 30.4 Å². The molecule has 1 saturated heterocycles. The Balaban J connectivity index is 2.53. The summed E-state index contributed by atoms with van der Waals surface area (Å²) in [6, 6.07) is 5.41. The number of halogens is 1. The lowest BCUT2D eigenvalue weighted by atomic mass is 9.76. The molecule has 1 atom stereocenters. The van der Waals surface area contributed by atoms with Gasteiger partial charge < -0.3 is 10.0 Å². The maximum Gasteiger partial charge on any atom is 0.326 e. The highest BCUT2D eigenvalue weighted by molar-refractivity contribution is 5.80. The summed E-state index contributed by atoms with van der Waals surface area (Å²) in [6.07, 6.45) is 1.61.